The standard InChI is InChI=1S/C50H47Cl4N5O10/c51-36-11-9-31(25-38(36)53)23-33-28-58(29-34(46(33)62)24-32-10-12-37(52)39(54)26-32)49(65)41(27-30-5-2-1-3-6-30)56-44(61)15-17-67-19-21-69-22-20-68-18-16-55-40-8-4-7-35-45(40)50(66)59(48(35)64)42-13-14-43(60)57-47(42)63/h1-12,23-26,41-42,55H,13-22,27-29H2,(H,56,61)(H,57,60,63)/b33-23+,34-24+. The summed E-state index contributed by atoms with van der Waals surface area (Å²) in [6, 6.07) is 22.0. The normalized spacial score (nSPS) is 17.6. The van der Waals surface area contributed by atoms with Gasteiger partial charge in [-0.15, -0.1) is 0 Å². The Balaban J connectivity index is 0.865. The van der Waals surface area contributed by atoms with Gasteiger partial charge in [-0.3, -0.25) is 43.8 Å². The van der Waals surface area contributed by atoms with E-state index in [9.17, 15) is 33.6 Å². The second-order valence-corrected chi connectivity index (χ2v) is 17.8. The van der Waals surface area contributed by atoms with Gasteiger partial charge in [-0.1, -0.05) is 94.9 Å². The minimum atomic E-state index is -1.06. The Labute approximate surface area is 418 Å². The van der Waals surface area contributed by atoms with Gasteiger partial charge in [0.05, 0.1) is 70.9 Å². The highest BCUT2D eigenvalue weighted by Crippen LogP contribution is 2.33. The number of benzene rings is 4. The summed E-state index contributed by atoms with van der Waals surface area (Å²) < 4.78 is 16.9. The number of likely N-dealkylation sites (tertiary alicyclic amines) is 1. The number of rotatable bonds is 20. The van der Waals surface area contributed by atoms with Crippen LogP contribution in [0.25, 0.3) is 12.2 Å². The third-order valence-corrected chi connectivity index (χ3v) is 12.8. The van der Waals surface area contributed by atoms with Crippen molar-refractivity contribution < 1.29 is 47.8 Å². The molecule has 360 valence electrons. The fourth-order valence-electron chi connectivity index (χ4n) is 7.97. The topological polar surface area (TPSA) is 190 Å². The van der Waals surface area contributed by atoms with Crippen LogP contribution in [-0.2, 0) is 44.6 Å². The van der Waals surface area contributed by atoms with Crippen LogP contribution in [0.15, 0.2) is 96.1 Å². The fraction of sp³-hybridized carbons (Fsp3) is 0.300. The Kier molecular flexibility index (Phi) is 17.8. The summed E-state index contributed by atoms with van der Waals surface area (Å²) in [4.78, 5) is 94.6. The number of piperidine rings is 2. The molecular weight excluding hydrogens is 972 g/mol. The van der Waals surface area contributed by atoms with Gasteiger partial charge in [0.25, 0.3) is 11.8 Å². The molecule has 3 aliphatic rings. The first-order valence-corrected chi connectivity index (χ1v) is 23.6. The number of anilines is 1. The number of ether oxygens (including phenoxy) is 3. The summed E-state index contributed by atoms with van der Waals surface area (Å²) in [5.41, 5.74) is 3.48. The molecule has 0 radical (unpaired) electrons. The molecule has 4 aromatic carbocycles. The summed E-state index contributed by atoms with van der Waals surface area (Å²) in [6.07, 6.45) is 3.60. The predicted molar refractivity (Wildman–Crippen MR) is 261 cm³/mol. The van der Waals surface area contributed by atoms with E-state index in [4.69, 9.17) is 60.6 Å². The van der Waals surface area contributed by atoms with Gasteiger partial charge in [-0.2, -0.15) is 0 Å². The number of fused-ring (bicyclic) bond motifs is 1. The zero-order valence-corrected chi connectivity index (χ0v) is 40.1. The van der Waals surface area contributed by atoms with Crippen LogP contribution in [0.4, 0.5) is 5.69 Å². The van der Waals surface area contributed by atoms with E-state index in [1.165, 1.54) is 11.0 Å². The van der Waals surface area contributed by atoms with Crippen molar-refractivity contribution in [2.45, 2.75) is 37.8 Å². The third kappa shape index (κ3) is 13.2. The summed E-state index contributed by atoms with van der Waals surface area (Å²) in [5, 5.41) is 9.54. The molecule has 19 heteroatoms. The number of Topliss-reactive ketones (excluding diaryl/α,β-unsaturated/α-hetero) is 1. The van der Waals surface area contributed by atoms with Gasteiger partial charge >= 0.3 is 0 Å². The van der Waals surface area contributed by atoms with Crippen LogP contribution in [0, 0.1) is 0 Å². The molecule has 0 saturated carbocycles. The van der Waals surface area contributed by atoms with E-state index >= 15 is 0 Å². The van der Waals surface area contributed by atoms with Gasteiger partial charge in [-0.05, 0) is 71.7 Å². The summed E-state index contributed by atoms with van der Waals surface area (Å²) in [5.74, 6) is -3.36. The molecule has 3 N–H and O–H groups in total. The first-order chi connectivity index (χ1) is 33.3. The maximum Gasteiger partial charge on any atom is 0.264 e. The second-order valence-electron chi connectivity index (χ2n) is 16.2. The number of amides is 6. The molecule has 2 fully saturated rings. The largest absolute Gasteiger partial charge is 0.382 e. The average Bonchev–Trinajstić information content (AvgIpc) is 3.58. The number of hydrogen-bond acceptors (Lipinski definition) is 11. The van der Waals surface area contributed by atoms with Crippen molar-refractivity contribution in [3.8, 4) is 0 Å². The molecule has 0 aliphatic carbocycles. The summed E-state index contributed by atoms with van der Waals surface area (Å²) in [6.45, 7) is 1.54. The Morgan fingerprint density at radius 2 is 1.32 bits per heavy atom. The Bertz CT molecular complexity index is 2620. The van der Waals surface area contributed by atoms with Crippen LogP contribution in [-0.4, -0.2) is 122 Å². The maximum absolute atomic E-state index is 14.5. The Hall–Kier alpha value is -5.91. The highest BCUT2D eigenvalue weighted by molar-refractivity contribution is 6.42. The van der Waals surface area contributed by atoms with Crippen LogP contribution in [0.2, 0.25) is 20.1 Å². The molecule has 2 unspecified atom stereocenters. The average molecular weight is 1020 g/mol. The molecule has 3 heterocycles. The smallest absolute Gasteiger partial charge is 0.264 e. The number of nitrogens with one attached hydrogen (secondary N) is 3. The van der Waals surface area contributed by atoms with Crippen molar-refractivity contribution in [2.24, 2.45) is 0 Å². The Morgan fingerprint density at radius 3 is 1.93 bits per heavy atom. The molecule has 3 aliphatic heterocycles. The van der Waals surface area contributed by atoms with Gasteiger partial charge in [-0.25, -0.2) is 0 Å². The number of nitrogens with zero attached hydrogens (tertiary/aromatic N) is 2. The molecule has 7 rings (SSSR count). The predicted octanol–water partition coefficient (Wildman–Crippen LogP) is 6.86. The van der Waals surface area contributed by atoms with Crippen molar-refractivity contribution in [1.29, 1.82) is 0 Å². The number of imide groups is 2. The molecule has 15 nitrogen and oxygen atoms in total. The van der Waals surface area contributed by atoms with Crippen molar-refractivity contribution >= 4 is 105 Å². The summed E-state index contributed by atoms with van der Waals surface area (Å²) in [7, 11) is 0. The molecule has 2 atom stereocenters. The lowest BCUT2D eigenvalue weighted by molar-refractivity contribution is -0.137. The lowest BCUT2D eigenvalue weighted by Gasteiger charge is -2.33. The van der Waals surface area contributed by atoms with E-state index in [0.717, 1.165) is 10.5 Å². The lowest BCUT2D eigenvalue weighted by atomic mass is 9.93. The van der Waals surface area contributed by atoms with E-state index in [2.05, 4.69) is 16.0 Å². The minimum absolute atomic E-state index is 0.0297. The van der Waals surface area contributed by atoms with Crippen LogP contribution in [0.1, 0.15) is 56.7 Å². The van der Waals surface area contributed by atoms with Gasteiger partial charge in [0.15, 0.2) is 5.78 Å². The van der Waals surface area contributed by atoms with Crippen LogP contribution >= 0.6 is 46.4 Å². The molecule has 0 spiro atoms. The molecule has 4 aromatic rings. The Morgan fingerprint density at radius 1 is 0.710 bits per heavy atom. The molecule has 2 saturated heterocycles. The van der Waals surface area contributed by atoms with E-state index in [1.54, 1.807) is 60.7 Å². The quantitative estimate of drug-likeness (QED) is 0.0477. The first-order valence-electron chi connectivity index (χ1n) is 22.1. The number of carbonyl (C=O) groups excluding carboxylic acids is 7. The van der Waals surface area contributed by atoms with Gasteiger partial charge in [0.1, 0.15) is 12.1 Å². The first kappa shape index (κ1) is 51.0. The zero-order valence-electron chi connectivity index (χ0n) is 37.1. The molecule has 6 amide bonds. The van der Waals surface area contributed by atoms with Crippen LogP contribution in [0.5, 0.6) is 0 Å². The fourth-order valence-corrected chi connectivity index (χ4v) is 8.58. The van der Waals surface area contributed by atoms with E-state index in [0.29, 0.717) is 54.6 Å². The third-order valence-electron chi connectivity index (χ3n) is 11.3. The minimum Gasteiger partial charge on any atom is -0.382 e. The molecular formula is C50H47Cl4N5O10. The van der Waals surface area contributed by atoms with Crippen LogP contribution < -0.4 is 16.0 Å². The van der Waals surface area contributed by atoms with Gasteiger partial charge < -0.3 is 29.7 Å². The maximum atomic E-state index is 14.5. The molecule has 0 bridgehead atoms. The van der Waals surface area contributed by atoms with Crippen molar-refractivity contribution in [2.75, 3.05) is 64.6 Å². The van der Waals surface area contributed by atoms with E-state index in [1.807, 2.05) is 30.3 Å². The number of ketones is 1. The van der Waals surface area contributed by atoms with Crippen molar-refractivity contribution in [1.82, 2.24) is 20.4 Å². The van der Waals surface area contributed by atoms with E-state index in [-0.39, 0.29) is 101 Å². The highest BCUT2D eigenvalue weighted by atomic mass is 35.5. The van der Waals surface area contributed by atoms with Crippen LogP contribution in [0.3, 0.4) is 0 Å². The lowest BCUT2D eigenvalue weighted by Crippen LogP contribution is -2.54. The molecule has 69 heavy (non-hydrogen) atoms. The molecule has 0 aromatic heterocycles. The van der Waals surface area contributed by atoms with E-state index < -0.39 is 41.6 Å². The number of hydrogen-bond donors (Lipinski definition) is 3. The van der Waals surface area contributed by atoms with Gasteiger partial charge in [0.2, 0.25) is 23.6 Å². The zero-order chi connectivity index (χ0) is 49.0. The number of halogens is 4. The summed E-state index contributed by atoms with van der Waals surface area (Å²) >= 11 is 24.9. The SMILES string of the molecule is O=C1CCC(N2C(=O)c3cccc(NCCOCCOCCOCCC(=O)NC(Cc4ccccc4)C(=O)N4C/C(=C\c5ccc(Cl)c(Cl)c5)C(=O)/C(=C/c5ccc(Cl)c(Cl)c5)C4)c3C2=O)C(=O)N1. The van der Waals surface area contributed by atoms with Gasteiger partial charge in [0, 0.05) is 55.7 Å². The van der Waals surface area contributed by atoms with Crippen molar-refractivity contribution in [3.63, 3.8) is 0 Å². The monoisotopic (exact) mass is 1020 g/mol. The highest BCUT2D eigenvalue weighted by Gasteiger charge is 2.45. The van der Waals surface area contributed by atoms with Crippen molar-refractivity contribution in [3.05, 3.63) is 144 Å². The second kappa shape index (κ2) is 24.1. The number of carbonyl (C=O) groups is 7.